The summed E-state index contributed by atoms with van der Waals surface area (Å²) >= 11 is 6.13. The van der Waals surface area contributed by atoms with Gasteiger partial charge in [0.05, 0.1) is 15.5 Å². The van der Waals surface area contributed by atoms with E-state index >= 15 is 0 Å². The van der Waals surface area contributed by atoms with Crippen LogP contribution in [0.1, 0.15) is 42.1 Å². The molecule has 1 amide bonds. The fraction of sp³-hybridized carbons (Fsp3) is 0.391. The van der Waals surface area contributed by atoms with Gasteiger partial charge in [0, 0.05) is 26.2 Å². The molecule has 0 radical (unpaired) electrons. The normalized spacial score (nSPS) is 14.7. The van der Waals surface area contributed by atoms with Crippen LogP contribution in [0.15, 0.2) is 53.4 Å². The minimum Gasteiger partial charge on any atom is -0.452 e. The molecule has 0 bridgehead atoms. The smallest absolute Gasteiger partial charge is 0.340 e. The molecule has 0 N–H and O–H groups in total. The van der Waals surface area contributed by atoms with E-state index in [2.05, 4.69) is 0 Å². The number of sulfonamides is 1. The average molecular weight is 479 g/mol. The zero-order valence-electron chi connectivity index (χ0n) is 18.0. The molecule has 1 aliphatic heterocycles. The first-order valence-corrected chi connectivity index (χ1v) is 12.4. The first kappa shape index (κ1) is 24.2. The molecule has 1 aliphatic rings. The van der Waals surface area contributed by atoms with Gasteiger partial charge in [-0.1, -0.05) is 48.4 Å². The van der Waals surface area contributed by atoms with E-state index in [-0.39, 0.29) is 21.4 Å². The Morgan fingerprint density at radius 3 is 2.41 bits per heavy atom. The van der Waals surface area contributed by atoms with Crippen LogP contribution < -0.4 is 0 Å². The van der Waals surface area contributed by atoms with Crippen molar-refractivity contribution in [2.75, 3.05) is 26.2 Å². The Kier molecular flexibility index (Phi) is 8.28. The van der Waals surface area contributed by atoms with E-state index in [1.165, 1.54) is 22.5 Å². The summed E-state index contributed by atoms with van der Waals surface area (Å²) in [6.07, 6.45) is 2.61. The molecule has 1 saturated heterocycles. The molecule has 9 heteroatoms. The number of ether oxygens (including phenoxy) is 1. The highest BCUT2D eigenvalue weighted by Crippen LogP contribution is 2.25. The second-order valence-electron chi connectivity index (χ2n) is 7.58. The van der Waals surface area contributed by atoms with E-state index < -0.39 is 22.6 Å². The Balaban J connectivity index is 1.68. The molecule has 32 heavy (non-hydrogen) atoms. The third-order valence-electron chi connectivity index (χ3n) is 5.39. The van der Waals surface area contributed by atoms with E-state index in [0.29, 0.717) is 26.2 Å². The summed E-state index contributed by atoms with van der Waals surface area (Å²) in [5, 5.41) is 0.0664. The third-order valence-corrected chi connectivity index (χ3v) is 7.61. The summed E-state index contributed by atoms with van der Waals surface area (Å²) in [5.74, 6) is -1.19. The van der Waals surface area contributed by atoms with Gasteiger partial charge in [0.2, 0.25) is 10.0 Å². The number of nitrogens with zero attached hydrogens (tertiary/aromatic N) is 2. The molecule has 0 atom stereocenters. The van der Waals surface area contributed by atoms with Gasteiger partial charge in [0.25, 0.3) is 5.91 Å². The van der Waals surface area contributed by atoms with E-state index in [9.17, 15) is 18.0 Å². The molecule has 0 spiro atoms. The van der Waals surface area contributed by atoms with Gasteiger partial charge in [-0.05, 0) is 43.5 Å². The average Bonchev–Trinajstić information content (AvgIpc) is 2.82. The Labute approximate surface area is 194 Å². The highest BCUT2D eigenvalue weighted by Gasteiger charge is 2.28. The predicted molar refractivity (Wildman–Crippen MR) is 122 cm³/mol. The first-order valence-electron chi connectivity index (χ1n) is 10.6. The number of likely N-dealkylation sites (N-methyl/N-ethyl adjacent to an activating group) is 1. The molecular weight excluding hydrogens is 452 g/mol. The second-order valence-corrected chi connectivity index (χ2v) is 9.92. The molecule has 7 nitrogen and oxygen atoms in total. The Bertz CT molecular complexity index is 1050. The highest BCUT2D eigenvalue weighted by molar-refractivity contribution is 7.89. The van der Waals surface area contributed by atoms with Crippen molar-refractivity contribution in [1.29, 1.82) is 0 Å². The number of esters is 1. The molecule has 0 unspecified atom stereocenters. The largest absolute Gasteiger partial charge is 0.452 e. The van der Waals surface area contributed by atoms with Gasteiger partial charge in [0.1, 0.15) is 0 Å². The zero-order chi connectivity index (χ0) is 23.1. The monoisotopic (exact) mass is 478 g/mol. The number of piperidine rings is 1. The number of hydrogen-bond donors (Lipinski definition) is 0. The van der Waals surface area contributed by atoms with Crippen molar-refractivity contribution >= 4 is 33.5 Å². The number of hydrogen-bond acceptors (Lipinski definition) is 5. The number of halogens is 1. The Morgan fingerprint density at radius 2 is 1.75 bits per heavy atom. The van der Waals surface area contributed by atoms with Gasteiger partial charge in [0.15, 0.2) is 6.61 Å². The lowest BCUT2D eigenvalue weighted by Crippen LogP contribution is -2.35. The van der Waals surface area contributed by atoms with E-state index in [4.69, 9.17) is 16.3 Å². The summed E-state index contributed by atoms with van der Waals surface area (Å²) < 4.78 is 32.4. The second kappa shape index (κ2) is 10.9. The number of rotatable bonds is 8. The van der Waals surface area contributed by atoms with Crippen LogP contribution in [-0.2, 0) is 26.1 Å². The SMILES string of the molecule is CCN(Cc1ccccc1)C(=O)COC(=O)c1cc(S(=O)(=O)N2CCCCC2)ccc1Cl. The minimum atomic E-state index is -3.73. The molecule has 2 aromatic carbocycles. The molecule has 1 fully saturated rings. The number of carbonyl (C=O) groups is 2. The number of carbonyl (C=O) groups excluding carboxylic acids is 2. The van der Waals surface area contributed by atoms with Gasteiger partial charge in [-0.15, -0.1) is 0 Å². The molecule has 0 aliphatic carbocycles. The lowest BCUT2D eigenvalue weighted by Gasteiger charge is -2.26. The van der Waals surface area contributed by atoms with Crippen LogP contribution >= 0.6 is 11.6 Å². The highest BCUT2D eigenvalue weighted by atomic mass is 35.5. The molecule has 2 aromatic rings. The van der Waals surface area contributed by atoms with Crippen molar-refractivity contribution in [1.82, 2.24) is 9.21 Å². The molecule has 0 saturated carbocycles. The van der Waals surface area contributed by atoms with Gasteiger partial charge >= 0.3 is 5.97 Å². The molecule has 172 valence electrons. The van der Waals surface area contributed by atoms with Crippen LogP contribution in [0.25, 0.3) is 0 Å². The van der Waals surface area contributed by atoms with Gasteiger partial charge < -0.3 is 9.64 Å². The third kappa shape index (κ3) is 5.88. The minimum absolute atomic E-state index is 0.0126. The maximum Gasteiger partial charge on any atom is 0.340 e. The van der Waals surface area contributed by atoms with Crippen molar-refractivity contribution in [2.24, 2.45) is 0 Å². The summed E-state index contributed by atoms with van der Waals surface area (Å²) in [5.41, 5.74) is 0.886. The molecular formula is C23H27ClN2O5S. The van der Waals surface area contributed by atoms with Crippen LogP contribution in [0, 0.1) is 0 Å². The van der Waals surface area contributed by atoms with Crippen molar-refractivity contribution in [3.05, 3.63) is 64.7 Å². The molecule has 3 rings (SSSR count). The van der Waals surface area contributed by atoms with Crippen molar-refractivity contribution in [2.45, 2.75) is 37.6 Å². The Hall–Kier alpha value is -2.42. The molecule has 0 aromatic heterocycles. The summed E-state index contributed by atoms with van der Waals surface area (Å²) in [4.78, 5) is 26.7. The van der Waals surface area contributed by atoms with Gasteiger partial charge in [-0.3, -0.25) is 4.79 Å². The van der Waals surface area contributed by atoms with Crippen LogP contribution in [-0.4, -0.2) is 55.7 Å². The van der Waals surface area contributed by atoms with Crippen molar-refractivity contribution in [3.8, 4) is 0 Å². The van der Waals surface area contributed by atoms with E-state index in [1.807, 2.05) is 37.3 Å². The maximum atomic E-state index is 12.9. The van der Waals surface area contributed by atoms with Gasteiger partial charge in [-0.25, -0.2) is 13.2 Å². The standard InChI is InChI=1S/C23H27ClN2O5S/c1-2-25(16-18-9-5-3-6-10-18)22(27)17-31-23(28)20-15-19(11-12-21(20)24)32(29,30)26-13-7-4-8-14-26/h3,5-6,9-12,15H,2,4,7-8,13-14,16-17H2,1H3. The van der Waals surface area contributed by atoms with Crippen LogP contribution in [0.4, 0.5) is 0 Å². The summed E-state index contributed by atoms with van der Waals surface area (Å²) in [6.45, 7) is 3.14. The van der Waals surface area contributed by atoms with Crippen LogP contribution in [0.2, 0.25) is 5.02 Å². The number of amides is 1. The lowest BCUT2D eigenvalue weighted by atomic mass is 10.2. The topological polar surface area (TPSA) is 84.0 Å². The fourth-order valence-corrected chi connectivity index (χ4v) is 5.29. The quantitative estimate of drug-likeness (QED) is 0.540. The van der Waals surface area contributed by atoms with Gasteiger partial charge in [-0.2, -0.15) is 4.31 Å². The molecule has 1 heterocycles. The van der Waals surface area contributed by atoms with Crippen molar-refractivity contribution in [3.63, 3.8) is 0 Å². The first-order chi connectivity index (χ1) is 15.3. The fourth-order valence-electron chi connectivity index (χ4n) is 3.55. The Morgan fingerprint density at radius 1 is 1.06 bits per heavy atom. The summed E-state index contributed by atoms with van der Waals surface area (Å²) in [6, 6.07) is 13.5. The van der Waals surface area contributed by atoms with E-state index in [1.54, 1.807) is 4.90 Å². The van der Waals surface area contributed by atoms with Crippen molar-refractivity contribution < 1.29 is 22.7 Å². The lowest BCUT2D eigenvalue weighted by molar-refractivity contribution is -0.134. The van der Waals surface area contributed by atoms with Crippen LogP contribution in [0.5, 0.6) is 0 Å². The predicted octanol–water partition coefficient (Wildman–Crippen LogP) is 3.72. The van der Waals surface area contributed by atoms with Crippen LogP contribution in [0.3, 0.4) is 0 Å². The summed E-state index contributed by atoms with van der Waals surface area (Å²) in [7, 11) is -3.73. The van der Waals surface area contributed by atoms with E-state index in [0.717, 1.165) is 24.8 Å². The zero-order valence-corrected chi connectivity index (χ0v) is 19.6. The maximum absolute atomic E-state index is 12.9. The number of benzene rings is 2.